The van der Waals surface area contributed by atoms with Crippen molar-refractivity contribution in [2.45, 2.75) is 25.5 Å². The molecule has 26 heavy (non-hydrogen) atoms. The molecule has 3 rings (SSSR count). The van der Waals surface area contributed by atoms with Crippen molar-refractivity contribution in [1.82, 2.24) is 10.2 Å². The van der Waals surface area contributed by atoms with Crippen LogP contribution in [-0.4, -0.2) is 32.9 Å². The number of aromatic amines is 1. The normalized spacial score (nSPS) is 17.1. The van der Waals surface area contributed by atoms with Crippen LogP contribution in [0, 0.1) is 0 Å². The van der Waals surface area contributed by atoms with Gasteiger partial charge in [-0.25, -0.2) is 5.10 Å². The number of halogens is 1. The molecule has 1 atom stereocenters. The van der Waals surface area contributed by atoms with Crippen molar-refractivity contribution >= 4 is 45.6 Å². The lowest BCUT2D eigenvalue weighted by molar-refractivity contribution is 0.843. The molecule has 0 saturated heterocycles. The Balaban J connectivity index is 1.64. The molecule has 0 fully saturated rings. The summed E-state index contributed by atoms with van der Waals surface area (Å²) < 4.78 is 0. The number of aliphatic imine (C=N–C) groups is 1. The Morgan fingerprint density at radius 3 is 2.88 bits per heavy atom. The van der Waals surface area contributed by atoms with Crippen molar-refractivity contribution in [1.29, 1.82) is 0 Å². The largest absolute Gasteiger partial charge is 0.335 e. The smallest absolute Gasteiger partial charge is 0.285 e. The fourth-order valence-corrected chi connectivity index (χ4v) is 3.38. The van der Waals surface area contributed by atoms with Crippen molar-refractivity contribution in [3.63, 3.8) is 0 Å². The van der Waals surface area contributed by atoms with Crippen LogP contribution in [0.1, 0.15) is 25.8 Å². The Bertz CT molecular complexity index is 893. The Hall–Kier alpha value is -2.32. The standard InChI is InChI=1S/C17H19ClN6OS/c1-3-13-8-19-17(26-13)21-12-6-4-11(5-7-12)10(2)22-23-14-9-20-24-16(25)15(14)18/h4-7,9,13H,3,8H2,1-2H3,(H,19,21)(H2,23,24,25)/b22-10+. The van der Waals surface area contributed by atoms with Crippen LogP contribution in [0.25, 0.3) is 0 Å². The lowest BCUT2D eigenvalue weighted by atomic mass is 10.1. The molecule has 0 radical (unpaired) electrons. The number of anilines is 2. The molecule has 3 N–H and O–H groups in total. The van der Waals surface area contributed by atoms with Gasteiger partial charge in [0.1, 0.15) is 10.7 Å². The molecule has 2 heterocycles. The number of amidine groups is 1. The molecule has 136 valence electrons. The Labute approximate surface area is 160 Å². The third-order valence-corrected chi connectivity index (χ3v) is 5.51. The number of H-pyrrole nitrogens is 1. The van der Waals surface area contributed by atoms with Crippen molar-refractivity contribution in [2.75, 3.05) is 17.3 Å². The summed E-state index contributed by atoms with van der Waals surface area (Å²) in [5.74, 6) is 0. The van der Waals surface area contributed by atoms with Gasteiger partial charge in [0.25, 0.3) is 5.56 Å². The molecule has 1 aromatic heterocycles. The highest BCUT2D eigenvalue weighted by atomic mass is 35.5. The van der Waals surface area contributed by atoms with E-state index in [1.54, 1.807) is 11.8 Å². The quantitative estimate of drug-likeness (QED) is 0.536. The molecule has 1 unspecified atom stereocenters. The second-order valence-corrected chi connectivity index (χ2v) is 7.40. The number of hydrazone groups is 1. The summed E-state index contributed by atoms with van der Waals surface area (Å²) in [7, 11) is 0. The van der Waals surface area contributed by atoms with E-state index in [0.717, 1.165) is 35.1 Å². The van der Waals surface area contributed by atoms with Gasteiger partial charge in [0.05, 0.1) is 18.5 Å². The molecule has 1 aliphatic rings. The summed E-state index contributed by atoms with van der Waals surface area (Å²) in [6.07, 6.45) is 2.53. The zero-order chi connectivity index (χ0) is 18.5. The zero-order valence-electron chi connectivity index (χ0n) is 14.4. The molecule has 9 heteroatoms. The van der Waals surface area contributed by atoms with Crippen LogP contribution in [0.3, 0.4) is 0 Å². The molecule has 0 amide bonds. The van der Waals surface area contributed by atoms with E-state index in [-0.39, 0.29) is 5.02 Å². The first kappa shape index (κ1) is 18.5. The van der Waals surface area contributed by atoms with Crippen molar-refractivity contribution < 1.29 is 0 Å². The third-order valence-electron chi connectivity index (χ3n) is 3.87. The minimum atomic E-state index is -0.460. The zero-order valence-corrected chi connectivity index (χ0v) is 16.0. The van der Waals surface area contributed by atoms with Gasteiger partial charge in [-0.2, -0.15) is 10.2 Å². The van der Waals surface area contributed by atoms with Crippen molar-refractivity contribution in [3.8, 4) is 0 Å². The number of hydrogen-bond donors (Lipinski definition) is 3. The predicted octanol–water partition coefficient (Wildman–Crippen LogP) is 3.55. The summed E-state index contributed by atoms with van der Waals surface area (Å²) in [4.78, 5) is 15.9. The van der Waals surface area contributed by atoms with Gasteiger partial charge in [0, 0.05) is 10.9 Å². The maximum atomic E-state index is 11.4. The first-order valence-corrected chi connectivity index (χ1v) is 9.44. The first-order valence-electron chi connectivity index (χ1n) is 8.19. The van der Waals surface area contributed by atoms with E-state index in [9.17, 15) is 4.79 Å². The molecule has 1 aliphatic heterocycles. The van der Waals surface area contributed by atoms with Gasteiger partial charge in [-0.1, -0.05) is 42.4 Å². The van der Waals surface area contributed by atoms with Gasteiger partial charge < -0.3 is 5.32 Å². The average molecular weight is 391 g/mol. The lowest BCUT2D eigenvalue weighted by Crippen LogP contribution is -2.10. The second kappa shape index (κ2) is 8.37. The van der Waals surface area contributed by atoms with E-state index >= 15 is 0 Å². The maximum absolute atomic E-state index is 11.4. The SMILES string of the molecule is CCC1CN=C(Nc2ccc(/C(C)=N/Nc3cn[nH]c(=O)c3Cl)cc2)S1. The number of rotatable bonds is 5. The highest BCUT2D eigenvalue weighted by Gasteiger charge is 2.17. The topological polar surface area (TPSA) is 94.5 Å². The van der Waals surface area contributed by atoms with E-state index in [4.69, 9.17) is 11.6 Å². The number of benzene rings is 1. The molecular weight excluding hydrogens is 372 g/mol. The van der Waals surface area contributed by atoms with Gasteiger partial charge in [0.2, 0.25) is 0 Å². The van der Waals surface area contributed by atoms with E-state index < -0.39 is 5.56 Å². The molecule has 0 spiro atoms. The van der Waals surface area contributed by atoms with E-state index in [1.165, 1.54) is 6.20 Å². The number of nitrogens with one attached hydrogen (secondary N) is 3. The van der Waals surface area contributed by atoms with Gasteiger partial charge in [0.15, 0.2) is 5.17 Å². The highest BCUT2D eigenvalue weighted by molar-refractivity contribution is 8.15. The Kier molecular flexibility index (Phi) is 5.95. The van der Waals surface area contributed by atoms with Gasteiger partial charge in [-0.05, 0) is 31.0 Å². The number of thioether (sulfide) groups is 1. The molecule has 0 aliphatic carbocycles. The van der Waals surface area contributed by atoms with Crippen molar-refractivity contribution in [3.05, 3.63) is 51.4 Å². The second-order valence-electron chi connectivity index (χ2n) is 5.73. The van der Waals surface area contributed by atoms with Gasteiger partial charge in [-0.3, -0.25) is 15.2 Å². The minimum absolute atomic E-state index is 0.0244. The van der Waals surface area contributed by atoms with E-state index in [1.807, 2.05) is 31.2 Å². The van der Waals surface area contributed by atoms with E-state index in [0.29, 0.717) is 10.9 Å². The molecule has 2 aromatic rings. The van der Waals surface area contributed by atoms with Crippen LogP contribution in [0.15, 0.2) is 45.4 Å². The monoisotopic (exact) mass is 390 g/mol. The minimum Gasteiger partial charge on any atom is -0.335 e. The van der Waals surface area contributed by atoms with Gasteiger partial charge in [-0.15, -0.1) is 0 Å². The van der Waals surface area contributed by atoms with E-state index in [2.05, 4.69) is 38.0 Å². The number of hydrogen-bond acceptors (Lipinski definition) is 7. The lowest BCUT2D eigenvalue weighted by Gasteiger charge is -2.08. The summed E-state index contributed by atoms with van der Waals surface area (Å²) in [5.41, 5.74) is 5.36. The molecule has 1 aromatic carbocycles. The van der Waals surface area contributed by atoms with Crippen LogP contribution in [0.2, 0.25) is 5.02 Å². The molecule has 0 bridgehead atoms. The van der Waals surface area contributed by atoms with Crippen LogP contribution in [0.5, 0.6) is 0 Å². The Morgan fingerprint density at radius 1 is 1.42 bits per heavy atom. The number of nitrogens with zero attached hydrogens (tertiary/aromatic N) is 3. The first-order chi connectivity index (χ1) is 12.6. The molecule has 7 nitrogen and oxygen atoms in total. The summed E-state index contributed by atoms with van der Waals surface area (Å²) >= 11 is 7.69. The van der Waals surface area contributed by atoms with Crippen molar-refractivity contribution in [2.24, 2.45) is 10.1 Å². The summed E-state index contributed by atoms with van der Waals surface area (Å²) in [6.45, 7) is 4.92. The third kappa shape index (κ3) is 4.44. The Morgan fingerprint density at radius 2 is 2.19 bits per heavy atom. The van der Waals surface area contributed by atoms with Crippen LogP contribution in [-0.2, 0) is 0 Å². The maximum Gasteiger partial charge on any atom is 0.285 e. The fraction of sp³-hybridized carbons (Fsp3) is 0.294. The summed E-state index contributed by atoms with van der Waals surface area (Å²) in [5, 5.41) is 15.1. The fourth-order valence-electron chi connectivity index (χ4n) is 2.29. The molecular formula is C17H19ClN6OS. The average Bonchev–Trinajstić information content (AvgIpc) is 3.11. The van der Waals surface area contributed by atoms with Crippen LogP contribution >= 0.6 is 23.4 Å². The van der Waals surface area contributed by atoms with Crippen LogP contribution < -0.4 is 16.3 Å². The molecule has 0 saturated carbocycles. The van der Waals surface area contributed by atoms with Crippen LogP contribution in [0.4, 0.5) is 11.4 Å². The predicted molar refractivity (Wildman–Crippen MR) is 110 cm³/mol. The highest BCUT2D eigenvalue weighted by Crippen LogP contribution is 2.24. The van der Waals surface area contributed by atoms with Gasteiger partial charge >= 0.3 is 0 Å². The number of aromatic nitrogens is 2. The summed E-state index contributed by atoms with van der Waals surface area (Å²) in [6, 6.07) is 7.91.